The quantitative estimate of drug-likeness (QED) is 0.268. The minimum atomic E-state index is 0.420. The van der Waals surface area contributed by atoms with Gasteiger partial charge >= 0.3 is 0 Å². The Hall–Kier alpha value is -4.17. The summed E-state index contributed by atoms with van der Waals surface area (Å²) in [5.41, 5.74) is 8.74. The molecule has 0 amide bonds. The van der Waals surface area contributed by atoms with Gasteiger partial charge in [0, 0.05) is 44.3 Å². The second-order valence-electron chi connectivity index (χ2n) is 10.9. The Bertz CT molecular complexity index is 1550. The van der Waals surface area contributed by atoms with Gasteiger partial charge in [-0.05, 0) is 60.4 Å². The molecule has 1 fully saturated rings. The monoisotopic (exact) mass is 549 g/mol. The lowest BCUT2D eigenvalue weighted by Gasteiger charge is -2.33. The molecule has 0 unspecified atom stereocenters. The van der Waals surface area contributed by atoms with Crippen LogP contribution in [0.5, 0.6) is 5.75 Å². The third-order valence-corrected chi connectivity index (χ3v) is 8.39. The van der Waals surface area contributed by atoms with Crippen molar-refractivity contribution in [1.29, 1.82) is 0 Å². The summed E-state index contributed by atoms with van der Waals surface area (Å²) >= 11 is 0. The number of hydrogen-bond donors (Lipinski definition) is 2. The summed E-state index contributed by atoms with van der Waals surface area (Å²) < 4.78 is 7.86. The van der Waals surface area contributed by atoms with Crippen molar-refractivity contribution in [2.45, 2.75) is 51.2 Å². The molecular weight excluding hydrogens is 510 g/mol. The molecule has 1 aliphatic heterocycles. The average molecular weight is 550 g/mol. The zero-order chi connectivity index (χ0) is 28.2. The SMILES string of the molecule is C=CCNc1nc(N2CCC(NCc3c(OC)ccc4c3CCc3ccccc3C4)CC2)c2ncn(CC=C)c2n1. The van der Waals surface area contributed by atoms with E-state index in [0.717, 1.165) is 74.5 Å². The van der Waals surface area contributed by atoms with E-state index in [1.54, 1.807) is 7.11 Å². The van der Waals surface area contributed by atoms with Crippen LogP contribution < -0.4 is 20.3 Å². The van der Waals surface area contributed by atoms with Crippen LogP contribution in [0.15, 0.2) is 68.0 Å². The Morgan fingerprint density at radius 1 is 1.00 bits per heavy atom. The number of piperidine rings is 1. The summed E-state index contributed by atoms with van der Waals surface area (Å²) in [5.74, 6) is 2.47. The molecule has 2 aliphatic rings. The molecule has 8 nitrogen and oxygen atoms in total. The minimum absolute atomic E-state index is 0.420. The van der Waals surface area contributed by atoms with Crippen molar-refractivity contribution in [2.24, 2.45) is 0 Å². The number of nitrogens with zero attached hydrogens (tertiary/aromatic N) is 5. The van der Waals surface area contributed by atoms with Crippen molar-refractivity contribution in [2.75, 3.05) is 37.0 Å². The Morgan fingerprint density at radius 3 is 2.61 bits per heavy atom. The Morgan fingerprint density at radius 2 is 1.83 bits per heavy atom. The summed E-state index contributed by atoms with van der Waals surface area (Å²) in [6.45, 7) is 11.6. The van der Waals surface area contributed by atoms with Gasteiger partial charge in [-0.15, -0.1) is 13.2 Å². The third kappa shape index (κ3) is 5.57. The zero-order valence-electron chi connectivity index (χ0n) is 23.9. The van der Waals surface area contributed by atoms with E-state index in [4.69, 9.17) is 14.7 Å². The van der Waals surface area contributed by atoms with E-state index >= 15 is 0 Å². The summed E-state index contributed by atoms with van der Waals surface area (Å²) in [7, 11) is 1.78. The van der Waals surface area contributed by atoms with Gasteiger partial charge in [-0.25, -0.2) is 4.98 Å². The second kappa shape index (κ2) is 12.1. The topological polar surface area (TPSA) is 80.1 Å². The van der Waals surface area contributed by atoms with Crippen molar-refractivity contribution < 1.29 is 4.74 Å². The third-order valence-electron chi connectivity index (χ3n) is 8.39. The molecule has 0 radical (unpaired) electrons. The molecule has 8 heteroatoms. The number of anilines is 2. The Balaban J connectivity index is 1.16. The first kappa shape index (κ1) is 27.0. The molecule has 1 saturated heterocycles. The molecule has 41 heavy (non-hydrogen) atoms. The van der Waals surface area contributed by atoms with E-state index in [0.29, 0.717) is 25.1 Å². The number of benzene rings is 2. The number of hydrogen-bond acceptors (Lipinski definition) is 7. The predicted molar refractivity (Wildman–Crippen MR) is 166 cm³/mol. The van der Waals surface area contributed by atoms with Crippen LogP contribution >= 0.6 is 0 Å². The highest BCUT2D eigenvalue weighted by molar-refractivity contribution is 5.85. The average Bonchev–Trinajstić information content (AvgIpc) is 3.30. The van der Waals surface area contributed by atoms with E-state index < -0.39 is 0 Å². The van der Waals surface area contributed by atoms with Crippen LogP contribution in [0.1, 0.15) is 40.7 Å². The Labute approximate surface area is 242 Å². The largest absolute Gasteiger partial charge is 0.496 e. The van der Waals surface area contributed by atoms with E-state index in [9.17, 15) is 0 Å². The van der Waals surface area contributed by atoms with Gasteiger partial charge in [0.15, 0.2) is 17.0 Å². The number of aryl methyl sites for hydroxylation is 1. The molecule has 0 spiro atoms. The van der Waals surface area contributed by atoms with Gasteiger partial charge in [0.05, 0.1) is 13.4 Å². The normalized spacial score (nSPS) is 15.2. The fourth-order valence-corrected chi connectivity index (χ4v) is 6.23. The lowest BCUT2D eigenvalue weighted by atomic mass is 9.94. The molecule has 212 valence electrons. The van der Waals surface area contributed by atoms with E-state index in [-0.39, 0.29) is 0 Å². The first-order valence-corrected chi connectivity index (χ1v) is 14.6. The number of fused-ring (bicyclic) bond motifs is 3. The molecule has 0 atom stereocenters. The van der Waals surface area contributed by atoms with Gasteiger partial charge < -0.3 is 24.8 Å². The van der Waals surface area contributed by atoms with Crippen LogP contribution in [0.4, 0.5) is 11.8 Å². The van der Waals surface area contributed by atoms with Crippen LogP contribution in [0, 0.1) is 0 Å². The van der Waals surface area contributed by atoms with Crippen LogP contribution in [0.3, 0.4) is 0 Å². The highest BCUT2D eigenvalue weighted by atomic mass is 16.5. The van der Waals surface area contributed by atoms with Crippen molar-refractivity contribution in [1.82, 2.24) is 24.8 Å². The van der Waals surface area contributed by atoms with Gasteiger partial charge in [-0.3, -0.25) is 0 Å². The van der Waals surface area contributed by atoms with Crippen molar-refractivity contribution in [3.05, 3.63) is 95.9 Å². The molecular formula is C33H39N7O. The minimum Gasteiger partial charge on any atom is -0.496 e. The number of aromatic nitrogens is 4. The van der Waals surface area contributed by atoms with Crippen LogP contribution in [-0.2, 0) is 32.4 Å². The maximum absolute atomic E-state index is 5.85. The summed E-state index contributed by atoms with van der Waals surface area (Å²) in [6.07, 6.45) is 10.6. The highest BCUT2D eigenvalue weighted by Crippen LogP contribution is 2.33. The first-order valence-electron chi connectivity index (χ1n) is 14.6. The van der Waals surface area contributed by atoms with Crippen LogP contribution in [0.25, 0.3) is 11.2 Å². The van der Waals surface area contributed by atoms with Crippen LogP contribution in [0.2, 0.25) is 0 Å². The maximum atomic E-state index is 5.85. The lowest BCUT2D eigenvalue weighted by molar-refractivity contribution is 0.390. The Kier molecular flexibility index (Phi) is 8.00. The van der Waals surface area contributed by atoms with Gasteiger partial charge in [0.1, 0.15) is 5.75 Å². The molecule has 6 rings (SSSR count). The highest BCUT2D eigenvalue weighted by Gasteiger charge is 2.25. The molecule has 2 aromatic carbocycles. The van der Waals surface area contributed by atoms with Gasteiger partial charge in [-0.2, -0.15) is 9.97 Å². The molecule has 1 aliphatic carbocycles. The maximum Gasteiger partial charge on any atom is 0.227 e. The van der Waals surface area contributed by atoms with Gasteiger partial charge in [0.25, 0.3) is 0 Å². The number of rotatable bonds is 10. The van der Waals surface area contributed by atoms with E-state index in [2.05, 4.69) is 70.1 Å². The summed E-state index contributed by atoms with van der Waals surface area (Å²) in [6, 6.07) is 13.7. The number of nitrogens with one attached hydrogen (secondary N) is 2. The van der Waals surface area contributed by atoms with Crippen molar-refractivity contribution in [3.8, 4) is 5.75 Å². The molecule has 3 heterocycles. The number of methoxy groups -OCH3 is 1. The summed E-state index contributed by atoms with van der Waals surface area (Å²) in [4.78, 5) is 16.6. The zero-order valence-corrected chi connectivity index (χ0v) is 23.9. The molecule has 2 aromatic heterocycles. The fraction of sp³-hybridized carbons (Fsp3) is 0.364. The van der Waals surface area contributed by atoms with Crippen molar-refractivity contribution >= 4 is 22.9 Å². The molecule has 4 aromatic rings. The summed E-state index contributed by atoms with van der Waals surface area (Å²) in [5, 5.41) is 7.14. The van der Waals surface area contributed by atoms with Crippen molar-refractivity contribution in [3.63, 3.8) is 0 Å². The fourth-order valence-electron chi connectivity index (χ4n) is 6.23. The van der Waals surface area contributed by atoms with Gasteiger partial charge in [-0.1, -0.05) is 42.5 Å². The van der Waals surface area contributed by atoms with Crippen LogP contribution in [-0.4, -0.2) is 52.3 Å². The van der Waals surface area contributed by atoms with Gasteiger partial charge in [0.2, 0.25) is 5.95 Å². The molecule has 2 N–H and O–H groups in total. The number of allylic oxidation sites excluding steroid dienone is 1. The predicted octanol–water partition coefficient (Wildman–Crippen LogP) is 5.07. The number of ether oxygens (including phenoxy) is 1. The lowest BCUT2D eigenvalue weighted by Crippen LogP contribution is -2.43. The smallest absolute Gasteiger partial charge is 0.227 e. The first-order chi connectivity index (χ1) is 20.2. The second-order valence-corrected chi connectivity index (χ2v) is 10.9. The molecule has 0 bridgehead atoms. The standard InChI is InChI=1S/C33H39N7O/c1-4-16-34-33-37-31(30-32(38-33)40(17-5-2)22-36-30)39-18-14-26(15-19-39)35-21-28-27-12-10-23-8-6-7-9-24(23)20-25(27)11-13-29(28)41-3/h4-9,11,13,22,26,35H,1-2,10,12,14-21H2,3H3,(H,34,37,38). The number of imidazole rings is 1. The molecule has 0 saturated carbocycles. The van der Waals surface area contributed by atoms with E-state index in [1.807, 2.05) is 23.0 Å². The van der Waals surface area contributed by atoms with E-state index in [1.165, 1.54) is 27.8 Å².